The third-order valence-corrected chi connectivity index (χ3v) is 5.74. The van der Waals surface area contributed by atoms with Crippen molar-refractivity contribution in [2.45, 2.75) is 37.7 Å². The highest BCUT2D eigenvalue weighted by molar-refractivity contribution is 6.30. The molecule has 1 aliphatic rings. The molecule has 8 heteroatoms. The minimum absolute atomic E-state index is 0.0975. The van der Waals surface area contributed by atoms with Crippen LogP contribution < -0.4 is 0 Å². The summed E-state index contributed by atoms with van der Waals surface area (Å²) in [6, 6.07) is 5.36. The van der Waals surface area contributed by atoms with Crippen LogP contribution in [0.15, 0.2) is 36.8 Å². The number of fused-ring (bicyclic) bond motifs is 1. The van der Waals surface area contributed by atoms with Gasteiger partial charge in [-0.1, -0.05) is 17.7 Å². The number of nitrogens with zero attached hydrogens (tertiary/aromatic N) is 3. The predicted molar refractivity (Wildman–Crippen MR) is 97.8 cm³/mol. The number of hydrogen-bond acceptors (Lipinski definition) is 5. The van der Waals surface area contributed by atoms with Gasteiger partial charge in [0.1, 0.15) is 23.9 Å². The molecule has 5 atom stereocenters. The molecule has 0 radical (unpaired) electrons. The van der Waals surface area contributed by atoms with Crippen LogP contribution in [0.4, 0.5) is 4.39 Å². The highest BCUT2D eigenvalue weighted by Gasteiger charge is 2.46. The second-order valence-electron chi connectivity index (χ2n) is 6.99. The zero-order valence-corrected chi connectivity index (χ0v) is 15.3. The van der Waals surface area contributed by atoms with E-state index in [1.54, 1.807) is 6.20 Å². The summed E-state index contributed by atoms with van der Waals surface area (Å²) in [5, 5.41) is 32.6. The van der Waals surface area contributed by atoms with Gasteiger partial charge in [-0.3, -0.25) is 0 Å². The number of benzene rings is 1. The molecule has 4 rings (SSSR count). The SMILES string of the molecule is Cc1ncnc2c1ccn2[C@@H]1C[C@H]([C@H](O)c2ccc(F)c(Cl)c2)[C@@H](O)[C@H]1O. The first kappa shape index (κ1) is 18.3. The van der Waals surface area contributed by atoms with Crippen molar-refractivity contribution >= 4 is 22.6 Å². The molecule has 2 aromatic heterocycles. The minimum Gasteiger partial charge on any atom is -0.390 e. The van der Waals surface area contributed by atoms with Gasteiger partial charge in [0.05, 0.1) is 29.0 Å². The average Bonchev–Trinajstić information content (AvgIpc) is 3.20. The highest BCUT2D eigenvalue weighted by Crippen LogP contribution is 2.43. The molecule has 1 aliphatic carbocycles. The molecule has 0 spiro atoms. The van der Waals surface area contributed by atoms with Crippen LogP contribution in [-0.4, -0.2) is 42.1 Å². The summed E-state index contributed by atoms with van der Waals surface area (Å²) in [5.41, 5.74) is 1.89. The van der Waals surface area contributed by atoms with Gasteiger partial charge in [0.2, 0.25) is 0 Å². The highest BCUT2D eigenvalue weighted by atomic mass is 35.5. The van der Waals surface area contributed by atoms with E-state index in [9.17, 15) is 19.7 Å². The third-order valence-electron chi connectivity index (χ3n) is 5.45. The summed E-state index contributed by atoms with van der Waals surface area (Å²) in [5.74, 6) is -1.21. The lowest BCUT2D eigenvalue weighted by atomic mass is 9.92. The van der Waals surface area contributed by atoms with Crippen molar-refractivity contribution in [2.75, 3.05) is 0 Å². The van der Waals surface area contributed by atoms with E-state index in [-0.39, 0.29) is 5.02 Å². The average molecular weight is 392 g/mol. The van der Waals surface area contributed by atoms with Crippen LogP contribution in [0.25, 0.3) is 11.0 Å². The largest absolute Gasteiger partial charge is 0.390 e. The molecule has 3 N–H and O–H groups in total. The molecule has 0 aliphatic heterocycles. The molecule has 1 saturated carbocycles. The maximum absolute atomic E-state index is 13.4. The van der Waals surface area contributed by atoms with Crippen molar-refractivity contribution in [3.8, 4) is 0 Å². The van der Waals surface area contributed by atoms with Gasteiger partial charge >= 0.3 is 0 Å². The molecule has 27 heavy (non-hydrogen) atoms. The Morgan fingerprint density at radius 3 is 2.74 bits per heavy atom. The van der Waals surface area contributed by atoms with Crippen LogP contribution in [0.3, 0.4) is 0 Å². The molecule has 6 nitrogen and oxygen atoms in total. The lowest BCUT2D eigenvalue weighted by Gasteiger charge is -2.22. The fourth-order valence-electron chi connectivity index (χ4n) is 3.94. The van der Waals surface area contributed by atoms with Crippen molar-refractivity contribution in [2.24, 2.45) is 5.92 Å². The molecule has 1 fully saturated rings. The van der Waals surface area contributed by atoms with Gasteiger partial charge in [-0.15, -0.1) is 0 Å². The van der Waals surface area contributed by atoms with Crippen molar-refractivity contribution in [3.05, 3.63) is 58.9 Å². The van der Waals surface area contributed by atoms with Gasteiger partial charge in [0, 0.05) is 17.5 Å². The monoisotopic (exact) mass is 391 g/mol. The Bertz CT molecular complexity index is 995. The molecule has 1 aromatic carbocycles. The van der Waals surface area contributed by atoms with Crippen molar-refractivity contribution in [1.29, 1.82) is 0 Å². The van der Waals surface area contributed by atoms with Gasteiger partial charge in [0.15, 0.2) is 0 Å². The number of hydrogen-bond donors (Lipinski definition) is 3. The molecule has 3 aromatic rings. The van der Waals surface area contributed by atoms with Crippen molar-refractivity contribution in [1.82, 2.24) is 14.5 Å². The Hall–Kier alpha value is -2.06. The number of aryl methyl sites for hydroxylation is 1. The number of halogens is 2. The smallest absolute Gasteiger partial charge is 0.143 e. The van der Waals surface area contributed by atoms with Gasteiger partial charge in [-0.25, -0.2) is 14.4 Å². The molecule has 0 saturated heterocycles. The first-order chi connectivity index (χ1) is 12.9. The Morgan fingerprint density at radius 2 is 2.00 bits per heavy atom. The second-order valence-corrected chi connectivity index (χ2v) is 7.39. The Labute approximate surface area is 159 Å². The van der Waals surface area contributed by atoms with Gasteiger partial charge in [0.25, 0.3) is 0 Å². The first-order valence-electron chi connectivity index (χ1n) is 8.65. The summed E-state index contributed by atoms with van der Waals surface area (Å²) in [6.07, 6.45) is 0.275. The van der Waals surface area contributed by atoms with E-state index in [1.807, 2.05) is 17.6 Å². The maximum atomic E-state index is 13.4. The molecule has 0 amide bonds. The van der Waals surface area contributed by atoms with Crippen LogP contribution in [0.1, 0.15) is 29.8 Å². The van der Waals surface area contributed by atoms with Gasteiger partial charge < -0.3 is 19.9 Å². The fourth-order valence-corrected chi connectivity index (χ4v) is 4.13. The van der Waals surface area contributed by atoms with Gasteiger partial charge in [-0.05, 0) is 37.1 Å². The van der Waals surface area contributed by atoms with Crippen LogP contribution in [0, 0.1) is 18.7 Å². The van der Waals surface area contributed by atoms with E-state index in [0.29, 0.717) is 17.6 Å². The van der Waals surface area contributed by atoms with Crippen molar-refractivity contribution in [3.63, 3.8) is 0 Å². The molecule has 2 heterocycles. The molecule has 0 bridgehead atoms. The topological polar surface area (TPSA) is 91.4 Å². The van der Waals surface area contributed by atoms with E-state index >= 15 is 0 Å². The van der Waals surface area contributed by atoms with Crippen LogP contribution in [-0.2, 0) is 0 Å². The second kappa shape index (κ2) is 6.83. The van der Waals surface area contributed by atoms with E-state index in [0.717, 1.165) is 11.1 Å². The zero-order valence-electron chi connectivity index (χ0n) is 14.5. The molecule has 0 unspecified atom stereocenters. The first-order valence-corrected chi connectivity index (χ1v) is 9.03. The van der Waals surface area contributed by atoms with Crippen LogP contribution in [0.5, 0.6) is 0 Å². The Morgan fingerprint density at radius 1 is 1.22 bits per heavy atom. The van der Waals surface area contributed by atoms with Crippen LogP contribution >= 0.6 is 11.6 Å². The molecule has 142 valence electrons. The van der Waals surface area contributed by atoms with E-state index < -0.39 is 36.1 Å². The number of aliphatic hydroxyl groups is 3. The standard InChI is InChI=1S/C19H19ClFN3O3/c1-9-11-4-5-24(19(11)23-8-22-9)15-7-12(17(26)18(15)27)16(25)10-2-3-14(21)13(20)6-10/h2-6,8,12,15-18,25-27H,7H2,1H3/t12-,15-,16-,17-,18+/m1/s1. The summed E-state index contributed by atoms with van der Waals surface area (Å²) in [7, 11) is 0. The third kappa shape index (κ3) is 3.00. The number of rotatable bonds is 3. The number of aromatic nitrogens is 3. The normalized spacial score (nSPS) is 26.6. The molecular weight excluding hydrogens is 373 g/mol. The Balaban J connectivity index is 1.66. The summed E-state index contributed by atoms with van der Waals surface area (Å²) >= 11 is 5.80. The molecular formula is C19H19ClFN3O3. The lowest BCUT2D eigenvalue weighted by molar-refractivity contribution is -0.0264. The maximum Gasteiger partial charge on any atom is 0.143 e. The van der Waals surface area contributed by atoms with E-state index in [1.165, 1.54) is 24.5 Å². The number of aliphatic hydroxyl groups excluding tert-OH is 3. The summed E-state index contributed by atoms with van der Waals surface area (Å²) < 4.78 is 15.2. The van der Waals surface area contributed by atoms with E-state index in [4.69, 9.17) is 11.6 Å². The minimum atomic E-state index is -1.14. The fraction of sp³-hybridized carbons (Fsp3) is 0.368. The Kier molecular flexibility index (Phi) is 4.63. The van der Waals surface area contributed by atoms with Crippen LogP contribution in [0.2, 0.25) is 5.02 Å². The van der Waals surface area contributed by atoms with Crippen molar-refractivity contribution < 1.29 is 19.7 Å². The van der Waals surface area contributed by atoms with E-state index in [2.05, 4.69) is 9.97 Å². The predicted octanol–water partition coefficient (Wildman–Crippen LogP) is 2.55. The summed E-state index contributed by atoms with van der Waals surface area (Å²) in [4.78, 5) is 8.45. The lowest BCUT2D eigenvalue weighted by Crippen LogP contribution is -2.31. The quantitative estimate of drug-likeness (QED) is 0.638. The van der Waals surface area contributed by atoms with Gasteiger partial charge in [-0.2, -0.15) is 0 Å². The zero-order chi connectivity index (χ0) is 19.3. The summed E-state index contributed by atoms with van der Waals surface area (Å²) in [6.45, 7) is 1.87.